The third-order valence-corrected chi connectivity index (χ3v) is 5.09. The van der Waals surface area contributed by atoms with Crippen molar-refractivity contribution in [2.45, 2.75) is 32.6 Å². The lowest BCUT2D eigenvalue weighted by Gasteiger charge is -2.11. The summed E-state index contributed by atoms with van der Waals surface area (Å²) in [5, 5.41) is 5.13. The van der Waals surface area contributed by atoms with Crippen molar-refractivity contribution < 1.29 is 0 Å². The largest absolute Gasteiger partial charge is 0.360 e. The van der Waals surface area contributed by atoms with Crippen molar-refractivity contribution in [2.24, 2.45) is 10.9 Å². The maximum atomic E-state index is 4.52. The lowest BCUT2D eigenvalue weighted by molar-refractivity contribution is 0.621. The second-order valence-corrected chi connectivity index (χ2v) is 6.43. The minimum absolute atomic E-state index is 0.644. The maximum absolute atomic E-state index is 4.52. The van der Waals surface area contributed by atoms with Gasteiger partial charge in [0.05, 0.1) is 24.3 Å². The molecule has 88 valence electrons. The summed E-state index contributed by atoms with van der Waals surface area (Å²) in [6.07, 6.45) is 0. The molecule has 1 aliphatic heterocycles. The van der Waals surface area contributed by atoms with E-state index in [-0.39, 0.29) is 0 Å². The van der Waals surface area contributed by atoms with E-state index in [0.717, 1.165) is 24.0 Å². The molecule has 2 heterocycles. The molecule has 0 spiro atoms. The first-order valence-corrected chi connectivity index (χ1v) is 7.26. The summed E-state index contributed by atoms with van der Waals surface area (Å²) in [5.74, 6) is 0.693. The van der Waals surface area contributed by atoms with Crippen molar-refractivity contribution >= 4 is 28.3 Å². The third-order valence-electron chi connectivity index (χ3n) is 2.67. The van der Waals surface area contributed by atoms with Crippen LogP contribution in [0.3, 0.4) is 0 Å². The Morgan fingerprint density at radius 2 is 2.38 bits per heavy atom. The van der Waals surface area contributed by atoms with Gasteiger partial charge in [0.25, 0.3) is 0 Å². The van der Waals surface area contributed by atoms with Gasteiger partial charge >= 0.3 is 0 Å². The van der Waals surface area contributed by atoms with Crippen LogP contribution < -0.4 is 5.32 Å². The van der Waals surface area contributed by atoms with Crippen molar-refractivity contribution in [1.29, 1.82) is 0 Å². The predicted molar refractivity (Wildman–Crippen MR) is 72.2 cm³/mol. The van der Waals surface area contributed by atoms with Gasteiger partial charge in [-0.1, -0.05) is 25.6 Å². The molecule has 0 aromatic carbocycles. The Hall–Kier alpha value is -0.550. The van der Waals surface area contributed by atoms with Crippen LogP contribution in [0.5, 0.6) is 0 Å². The standard InChI is InChI=1S/C11H17N3S2/c1-7(2)9-4-12-11(16-9)13-5-10-8(3)14-6-15-10/h6-7,9H,4-5H2,1-3H3,(H,12,13). The Morgan fingerprint density at radius 3 is 2.94 bits per heavy atom. The second kappa shape index (κ2) is 5.19. The molecule has 5 heteroatoms. The van der Waals surface area contributed by atoms with E-state index in [0.29, 0.717) is 11.2 Å². The zero-order chi connectivity index (χ0) is 11.5. The molecule has 0 aliphatic carbocycles. The molecule has 2 rings (SSSR count). The molecule has 0 bridgehead atoms. The van der Waals surface area contributed by atoms with Crippen molar-refractivity contribution in [1.82, 2.24) is 10.3 Å². The van der Waals surface area contributed by atoms with Gasteiger partial charge in [0.1, 0.15) is 0 Å². The number of nitrogens with one attached hydrogen (secondary N) is 1. The first-order chi connectivity index (χ1) is 7.66. The van der Waals surface area contributed by atoms with Crippen LogP contribution >= 0.6 is 23.1 Å². The van der Waals surface area contributed by atoms with Crippen LogP contribution in [-0.4, -0.2) is 21.9 Å². The summed E-state index contributed by atoms with van der Waals surface area (Å²) in [5.41, 5.74) is 3.02. The summed E-state index contributed by atoms with van der Waals surface area (Å²) in [7, 11) is 0. The molecular formula is C11H17N3S2. The molecule has 1 atom stereocenters. The quantitative estimate of drug-likeness (QED) is 0.902. The minimum Gasteiger partial charge on any atom is -0.360 e. The summed E-state index contributed by atoms with van der Waals surface area (Å²) in [4.78, 5) is 10.1. The molecule has 1 N–H and O–H groups in total. The van der Waals surface area contributed by atoms with Gasteiger partial charge in [-0.3, -0.25) is 4.99 Å². The van der Waals surface area contributed by atoms with E-state index < -0.39 is 0 Å². The molecule has 1 aromatic heterocycles. The number of aliphatic imine (C=N–C) groups is 1. The normalized spacial score (nSPS) is 20.2. The monoisotopic (exact) mass is 255 g/mol. The first kappa shape index (κ1) is 11.9. The van der Waals surface area contributed by atoms with Crippen LogP contribution in [0.2, 0.25) is 0 Å². The highest BCUT2D eigenvalue weighted by Crippen LogP contribution is 2.26. The van der Waals surface area contributed by atoms with Crippen molar-refractivity contribution in [3.63, 3.8) is 0 Å². The Bertz CT molecular complexity index is 384. The van der Waals surface area contributed by atoms with Crippen LogP contribution in [0, 0.1) is 12.8 Å². The van der Waals surface area contributed by atoms with Gasteiger partial charge in [0.2, 0.25) is 0 Å². The average Bonchev–Trinajstić information content (AvgIpc) is 2.83. The molecule has 0 radical (unpaired) electrons. The Labute approximate surface area is 105 Å². The Balaban J connectivity index is 1.82. The van der Waals surface area contributed by atoms with E-state index in [1.807, 2.05) is 24.2 Å². The summed E-state index contributed by atoms with van der Waals surface area (Å²) >= 11 is 3.57. The number of aromatic nitrogens is 1. The summed E-state index contributed by atoms with van der Waals surface area (Å²) in [6, 6.07) is 0. The number of hydrogen-bond acceptors (Lipinski definition) is 5. The van der Waals surface area contributed by atoms with Crippen molar-refractivity contribution in [2.75, 3.05) is 6.54 Å². The molecule has 1 unspecified atom stereocenters. The van der Waals surface area contributed by atoms with Crippen LogP contribution in [-0.2, 0) is 6.54 Å². The Kier molecular flexibility index (Phi) is 3.86. The van der Waals surface area contributed by atoms with Gasteiger partial charge in [0.15, 0.2) is 5.17 Å². The van der Waals surface area contributed by atoms with Crippen molar-refractivity contribution in [3.8, 4) is 0 Å². The summed E-state index contributed by atoms with van der Waals surface area (Å²) < 4.78 is 0. The first-order valence-electron chi connectivity index (χ1n) is 5.50. The van der Waals surface area contributed by atoms with Gasteiger partial charge in [-0.25, -0.2) is 4.98 Å². The van der Waals surface area contributed by atoms with Gasteiger partial charge in [-0.15, -0.1) is 11.3 Å². The van der Waals surface area contributed by atoms with E-state index in [2.05, 4.69) is 29.1 Å². The molecule has 1 aliphatic rings. The van der Waals surface area contributed by atoms with Crippen LogP contribution in [0.4, 0.5) is 0 Å². The number of hydrogen-bond donors (Lipinski definition) is 1. The van der Waals surface area contributed by atoms with Gasteiger partial charge in [-0.2, -0.15) is 0 Å². The Morgan fingerprint density at radius 1 is 1.56 bits per heavy atom. The second-order valence-electron chi connectivity index (χ2n) is 4.26. The lowest BCUT2D eigenvalue weighted by atomic mass is 10.1. The fourth-order valence-corrected chi connectivity index (χ4v) is 3.22. The van der Waals surface area contributed by atoms with E-state index in [9.17, 15) is 0 Å². The molecule has 1 aromatic rings. The van der Waals surface area contributed by atoms with E-state index >= 15 is 0 Å². The number of aryl methyl sites for hydroxylation is 1. The number of thiazole rings is 1. The fraction of sp³-hybridized carbons (Fsp3) is 0.636. The topological polar surface area (TPSA) is 37.3 Å². The smallest absolute Gasteiger partial charge is 0.157 e. The number of nitrogens with zero attached hydrogens (tertiary/aromatic N) is 2. The zero-order valence-corrected chi connectivity index (χ0v) is 11.5. The van der Waals surface area contributed by atoms with Crippen LogP contribution in [0.15, 0.2) is 10.5 Å². The van der Waals surface area contributed by atoms with Crippen molar-refractivity contribution in [3.05, 3.63) is 16.1 Å². The van der Waals surface area contributed by atoms with Crippen LogP contribution in [0.1, 0.15) is 24.4 Å². The molecule has 0 amide bonds. The zero-order valence-electron chi connectivity index (χ0n) is 9.86. The molecule has 0 fully saturated rings. The lowest BCUT2D eigenvalue weighted by Crippen LogP contribution is -2.19. The number of amidine groups is 1. The third kappa shape index (κ3) is 2.77. The molecule has 16 heavy (non-hydrogen) atoms. The predicted octanol–water partition coefficient (Wildman–Crippen LogP) is 2.67. The fourth-order valence-electron chi connectivity index (χ4n) is 1.49. The van der Waals surface area contributed by atoms with Crippen LogP contribution in [0.25, 0.3) is 0 Å². The molecule has 3 nitrogen and oxygen atoms in total. The highest BCUT2D eigenvalue weighted by Gasteiger charge is 2.22. The van der Waals surface area contributed by atoms with E-state index in [1.165, 1.54) is 4.88 Å². The average molecular weight is 255 g/mol. The number of thioether (sulfide) groups is 1. The highest BCUT2D eigenvalue weighted by atomic mass is 32.2. The highest BCUT2D eigenvalue weighted by molar-refractivity contribution is 8.14. The SMILES string of the molecule is Cc1ncsc1CNC1=NCC(C(C)C)S1. The molecule has 0 saturated carbocycles. The maximum Gasteiger partial charge on any atom is 0.157 e. The van der Waals surface area contributed by atoms with Gasteiger partial charge < -0.3 is 5.32 Å². The number of rotatable bonds is 3. The van der Waals surface area contributed by atoms with E-state index in [4.69, 9.17) is 0 Å². The van der Waals surface area contributed by atoms with E-state index in [1.54, 1.807) is 11.3 Å². The van der Waals surface area contributed by atoms with Gasteiger partial charge in [0, 0.05) is 10.1 Å². The molecule has 0 saturated heterocycles. The molecular weight excluding hydrogens is 238 g/mol. The summed E-state index contributed by atoms with van der Waals surface area (Å²) in [6.45, 7) is 8.36. The van der Waals surface area contributed by atoms with Gasteiger partial charge in [-0.05, 0) is 12.8 Å². The minimum atomic E-state index is 0.644.